The molecule has 5 heteroatoms. The van der Waals surface area contributed by atoms with Crippen LogP contribution in [0.1, 0.15) is 34.6 Å². The molecule has 2 amide bonds. The van der Waals surface area contributed by atoms with Gasteiger partial charge in [0.2, 0.25) is 0 Å². The summed E-state index contributed by atoms with van der Waals surface area (Å²) in [5.41, 5.74) is 1.77. The molecule has 23 heavy (non-hydrogen) atoms. The summed E-state index contributed by atoms with van der Waals surface area (Å²) in [6.07, 6.45) is 0. The molecule has 2 rings (SSSR count). The minimum Gasteiger partial charge on any atom is -0.339 e. The van der Waals surface area contributed by atoms with Crippen molar-refractivity contribution in [2.45, 2.75) is 13.8 Å². The van der Waals surface area contributed by atoms with Crippen molar-refractivity contribution in [2.75, 3.05) is 18.4 Å². The smallest absolute Gasteiger partial charge is 0.255 e. The van der Waals surface area contributed by atoms with E-state index >= 15 is 0 Å². The van der Waals surface area contributed by atoms with Gasteiger partial charge < -0.3 is 10.2 Å². The molecule has 120 valence electrons. The van der Waals surface area contributed by atoms with Gasteiger partial charge in [0.1, 0.15) is 0 Å². The van der Waals surface area contributed by atoms with Crippen LogP contribution >= 0.6 is 11.6 Å². The molecule has 0 aliphatic heterocycles. The number of rotatable bonds is 5. The third-order valence-electron chi connectivity index (χ3n) is 3.55. The fourth-order valence-corrected chi connectivity index (χ4v) is 2.32. The van der Waals surface area contributed by atoms with Gasteiger partial charge in [0, 0.05) is 34.9 Å². The lowest BCUT2D eigenvalue weighted by Crippen LogP contribution is -2.30. The molecule has 0 fully saturated rings. The summed E-state index contributed by atoms with van der Waals surface area (Å²) in [5.74, 6) is -0.227. The van der Waals surface area contributed by atoms with Crippen LogP contribution in [0.3, 0.4) is 0 Å². The fourth-order valence-electron chi connectivity index (χ4n) is 2.19. The number of hydrogen-bond donors (Lipinski definition) is 1. The van der Waals surface area contributed by atoms with Crippen molar-refractivity contribution in [3.63, 3.8) is 0 Å². The van der Waals surface area contributed by atoms with Gasteiger partial charge in [0.05, 0.1) is 0 Å². The molecule has 0 aromatic heterocycles. The first-order valence-corrected chi connectivity index (χ1v) is 7.89. The van der Waals surface area contributed by atoms with Crippen LogP contribution in [0.4, 0.5) is 5.69 Å². The van der Waals surface area contributed by atoms with Crippen molar-refractivity contribution in [2.24, 2.45) is 0 Å². The summed E-state index contributed by atoms with van der Waals surface area (Å²) in [4.78, 5) is 26.1. The highest BCUT2D eigenvalue weighted by molar-refractivity contribution is 6.30. The lowest BCUT2D eigenvalue weighted by atomic mass is 10.1. The van der Waals surface area contributed by atoms with Crippen molar-refractivity contribution in [1.29, 1.82) is 0 Å². The minimum atomic E-state index is -0.218. The molecule has 0 atom stereocenters. The predicted molar refractivity (Wildman–Crippen MR) is 93.1 cm³/mol. The summed E-state index contributed by atoms with van der Waals surface area (Å²) in [7, 11) is 0. The van der Waals surface area contributed by atoms with E-state index < -0.39 is 0 Å². The van der Waals surface area contributed by atoms with Crippen LogP contribution in [0.15, 0.2) is 48.5 Å². The second-order valence-corrected chi connectivity index (χ2v) is 5.45. The lowest BCUT2D eigenvalue weighted by Gasteiger charge is -2.18. The number of anilines is 1. The van der Waals surface area contributed by atoms with Crippen molar-refractivity contribution in [1.82, 2.24) is 4.90 Å². The summed E-state index contributed by atoms with van der Waals surface area (Å²) < 4.78 is 0. The summed E-state index contributed by atoms with van der Waals surface area (Å²) in [6.45, 7) is 5.24. The van der Waals surface area contributed by atoms with Gasteiger partial charge in [0.15, 0.2) is 0 Å². The van der Waals surface area contributed by atoms with Crippen LogP contribution in [0.25, 0.3) is 0 Å². The van der Waals surface area contributed by atoms with Crippen LogP contribution in [0, 0.1) is 0 Å². The second-order valence-electron chi connectivity index (χ2n) is 5.02. The van der Waals surface area contributed by atoms with Gasteiger partial charge in [-0.3, -0.25) is 9.59 Å². The first-order valence-electron chi connectivity index (χ1n) is 7.51. The van der Waals surface area contributed by atoms with E-state index in [0.717, 1.165) is 0 Å². The Hall–Kier alpha value is -2.33. The molecule has 4 nitrogen and oxygen atoms in total. The third-order valence-corrected chi connectivity index (χ3v) is 3.80. The molecule has 0 bridgehead atoms. The van der Waals surface area contributed by atoms with Gasteiger partial charge in [-0.15, -0.1) is 0 Å². The van der Waals surface area contributed by atoms with Gasteiger partial charge in [-0.2, -0.15) is 0 Å². The van der Waals surface area contributed by atoms with Crippen LogP contribution in [-0.2, 0) is 0 Å². The number of benzene rings is 2. The van der Waals surface area contributed by atoms with Crippen LogP contribution in [0.5, 0.6) is 0 Å². The van der Waals surface area contributed by atoms with Crippen LogP contribution in [0.2, 0.25) is 5.02 Å². The van der Waals surface area contributed by atoms with Gasteiger partial charge in [-0.1, -0.05) is 11.6 Å². The maximum absolute atomic E-state index is 12.2. The molecule has 0 saturated heterocycles. The largest absolute Gasteiger partial charge is 0.339 e. The van der Waals surface area contributed by atoms with Crippen LogP contribution < -0.4 is 5.32 Å². The quantitative estimate of drug-likeness (QED) is 0.898. The number of nitrogens with zero attached hydrogens (tertiary/aromatic N) is 1. The SMILES string of the molecule is CCN(CC)C(=O)c1ccc(NC(=O)c2ccc(Cl)cc2)cc1. The van der Waals surface area contributed by atoms with E-state index in [0.29, 0.717) is 34.9 Å². The number of carbonyl (C=O) groups excluding carboxylic acids is 2. The first-order chi connectivity index (χ1) is 11.0. The first kappa shape index (κ1) is 17.0. The minimum absolute atomic E-state index is 0.00872. The van der Waals surface area contributed by atoms with Crippen LogP contribution in [-0.4, -0.2) is 29.8 Å². The zero-order valence-electron chi connectivity index (χ0n) is 13.2. The molecule has 2 aromatic carbocycles. The molecule has 1 N–H and O–H groups in total. The molecular formula is C18H19ClN2O2. The lowest BCUT2D eigenvalue weighted by molar-refractivity contribution is 0.0773. The Labute approximate surface area is 141 Å². The predicted octanol–water partition coefficient (Wildman–Crippen LogP) is 4.07. The van der Waals surface area contributed by atoms with E-state index in [1.807, 2.05) is 13.8 Å². The third kappa shape index (κ3) is 4.33. The molecule has 0 spiro atoms. The van der Waals surface area contributed by atoms with Gasteiger partial charge in [-0.25, -0.2) is 0 Å². The number of amides is 2. The zero-order valence-corrected chi connectivity index (χ0v) is 13.9. The zero-order chi connectivity index (χ0) is 16.8. The van der Waals surface area contributed by atoms with E-state index in [4.69, 9.17) is 11.6 Å². The normalized spacial score (nSPS) is 10.2. The summed E-state index contributed by atoms with van der Waals surface area (Å²) in [5, 5.41) is 3.38. The Balaban J connectivity index is 2.06. The molecule has 0 heterocycles. The van der Waals surface area contributed by atoms with E-state index in [2.05, 4.69) is 5.32 Å². The number of hydrogen-bond acceptors (Lipinski definition) is 2. The fraction of sp³-hybridized carbons (Fsp3) is 0.222. The molecule has 0 unspecified atom stereocenters. The van der Waals surface area contributed by atoms with E-state index in [9.17, 15) is 9.59 Å². The van der Waals surface area contributed by atoms with Gasteiger partial charge in [0.25, 0.3) is 11.8 Å². The van der Waals surface area contributed by atoms with Gasteiger partial charge in [-0.05, 0) is 62.4 Å². The molecule has 0 saturated carbocycles. The Morgan fingerprint density at radius 3 is 1.96 bits per heavy atom. The molecule has 0 aliphatic carbocycles. The molecule has 0 radical (unpaired) electrons. The second kappa shape index (κ2) is 7.79. The standard InChI is InChI=1S/C18H19ClN2O2/c1-3-21(4-2)18(23)14-7-11-16(12-8-14)20-17(22)13-5-9-15(19)10-6-13/h5-12H,3-4H2,1-2H3,(H,20,22). The molecule has 2 aromatic rings. The number of carbonyl (C=O) groups is 2. The van der Waals surface area contributed by atoms with E-state index in [1.165, 1.54) is 0 Å². The highest BCUT2D eigenvalue weighted by atomic mass is 35.5. The van der Waals surface area contributed by atoms with Crippen molar-refractivity contribution < 1.29 is 9.59 Å². The molecule has 0 aliphatic rings. The van der Waals surface area contributed by atoms with Gasteiger partial charge >= 0.3 is 0 Å². The summed E-state index contributed by atoms with van der Waals surface area (Å²) in [6, 6.07) is 13.6. The summed E-state index contributed by atoms with van der Waals surface area (Å²) >= 11 is 5.81. The average molecular weight is 331 g/mol. The van der Waals surface area contributed by atoms with Crippen molar-refractivity contribution in [3.05, 3.63) is 64.7 Å². The highest BCUT2D eigenvalue weighted by Gasteiger charge is 2.12. The Morgan fingerprint density at radius 1 is 0.913 bits per heavy atom. The maximum atomic E-state index is 12.2. The average Bonchev–Trinajstić information content (AvgIpc) is 2.57. The maximum Gasteiger partial charge on any atom is 0.255 e. The highest BCUT2D eigenvalue weighted by Crippen LogP contribution is 2.14. The molecular weight excluding hydrogens is 312 g/mol. The number of nitrogens with one attached hydrogen (secondary N) is 1. The Morgan fingerprint density at radius 2 is 1.43 bits per heavy atom. The van der Waals surface area contributed by atoms with Crippen molar-refractivity contribution >= 4 is 29.1 Å². The Kier molecular flexibility index (Phi) is 5.77. The number of halogens is 1. The topological polar surface area (TPSA) is 49.4 Å². The Bertz CT molecular complexity index is 677. The monoisotopic (exact) mass is 330 g/mol. The van der Waals surface area contributed by atoms with E-state index in [-0.39, 0.29) is 11.8 Å². The van der Waals surface area contributed by atoms with Crippen molar-refractivity contribution in [3.8, 4) is 0 Å². The van der Waals surface area contributed by atoms with E-state index in [1.54, 1.807) is 53.4 Å².